The van der Waals surface area contributed by atoms with E-state index in [2.05, 4.69) is 0 Å². The summed E-state index contributed by atoms with van der Waals surface area (Å²) in [6, 6.07) is -0.126. The summed E-state index contributed by atoms with van der Waals surface area (Å²) in [5.74, 6) is -1.30. The zero-order valence-corrected chi connectivity index (χ0v) is 8.82. The summed E-state index contributed by atoms with van der Waals surface area (Å²) in [6.07, 6.45) is 0. The van der Waals surface area contributed by atoms with E-state index >= 15 is 0 Å². The maximum absolute atomic E-state index is 11.4. The number of hydrogen-bond donors (Lipinski definition) is 1. The van der Waals surface area contributed by atoms with Crippen molar-refractivity contribution in [3.05, 3.63) is 0 Å². The number of ether oxygens (including phenoxy) is 1. The van der Waals surface area contributed by atoms with E-state index in [0.717, 1.165) is 0 Å². The van der Waals surface area contributed by atoms with Crippen LogP contribution in [0.1, 0.15) is 20.8 Å². The lowest BCUT2D eigenvalue weighted by atomic mass is 10.3. The van der Waals surface area contributed by atoms with Gasteiger partial charge >= 0.3 is 5.97 Å². The number of aliphatic carboxylic acids is 1. The Morgan fingerprint density at radius 1 is 1.43 bits per heavy atom. The van der Waals surface area contributed by atoms with E-state index in [1.54, 1.807) is 20.8 Å². The van der Waals surface area contributed by atoms with Gasteiger partial charge in [-0.2, -0.15) is 0 Å². The Labute approximate surface area is 83.6 Å². The smallest absolute Gasteiger partial charge is 0.323 e. The van der Waals surface area contributed by atoms with Crippen LogP contribution in [0.25, 0.3) is 0 Å². The van der Waals surface area contributed by atoms with E-state index < -0.39 is 5.97 Å². The fourth-order valence-electron chi connectivity index (χ4n) is 0.977. The number of amides is 1. The molecule has 0 spiro atoms. The molecule has 5 nitrogen and oxygen atoms in total. The Bertz CT molecular complexity index is 203. The third kappa shape index (κ3) is 4.81. The number of hydrogen-bond acceptors (Lipinski definition) is 3. The molecular weight excluding hydrogens is 186 g/mol. The Kier molecular flexibility index (Phi) is 5.87. The normalized spacial score (nSPS) is 10.3. The summed E-state index contributed by atoms with van der Waals surface area (Å²) in [5.41, 5.74) is 0. The molecule has 0 saturated carbocycles. The molecule has 0 rings (SSSR count). The number of carbonyl (C=O) groups excluding carboxylic acids is 1. The van der Waals surface area contributed by atoms with E-state index in [0.29, 0.717) is 6.61 Å². The second-order valence-corrected chi connectivity index (χ2v) is 3.15. The van der Waals surface area contributed by atoms with Gasteiger partial charge in [-0.25, -0.2) is 0 Å². The van der Waals surface area contributed by atoms with Gasteiger partial charge in [0, 0.05) is 12.6 Å². The molecule has 0 aromatic heterocycles. The van der Waals surface area contributed by atoms with Crippen LogP contribution in [0, 0.1) is 0 Å². The molecule has 0 aromatic rings. The summed E-state index contributed by atoms with van der Waals surface area (Å²) < 4.78 is 4.92. The molecule has 0 bridgehead atoms. The van der Waals surface area contributed by atoms with Crippen LogP contribution in [0.5, 0.6) is 0 Å². The number of rotatable bonds is 6. The fourth-order valence-corrected chi connectivity index (χ4v) is 0.977. The van der Waals surface area contributed by atoms with Crippen LogP contribution in [0.15, 0.2) is 0 Å². The fraction of sp³-hybridized carbons (Fsp3) is 0.778. The van der Waals surface area contributed by atoms with Crippen LogP contribution in [0.2, 0.25) is 0 Å². The van der Waals surface area contributed by atoms with Crippen molar-refractivity contribution in [2.24, 2.45) is 0 Å². The topological polar surface area (TPSA) is 66.8 Å². The van der Waals surface area contributed by atoms with Gasteiger partial charge in [-0.05, 0) is 20.8 Å². The molecule has 0 aliphatic rings. The quantitative estimate of drug-likeness (QED) is 0.676. The molecule has 0 aromatic carbocycles. The molecule has 82 valence electrons. The molecule has 1 amide bonds. The van der Waals surface area contributed by atoms with E-state index in [-0.39, 0.29) is 25.1 Å². The van der Waals surface area contributed by atoms with Gasteiger partial charge in [-0.1, -0.05) is 0 Å². The van der Waals surface area contributed by atoms with Crippen molar-refractivity contribution in [2.75, 3.05) is 19.8 Å². The predicted molar refractivity (Wildman–Crippen MR) is 51.0 cm³/mol. The minimum atomic E-state index is -1.01. The van der Waals surface area contributed by atoms with Crippen LogP contribution in [-0.2, 0) is 14.3 Å². The molecule has 0 saturated heterocycles. The van der Waals surface area contributed by atoms with E-state index in [4.69, 9.17) is 9.84 Å². The molecule has 5 heteroatoms. The van der Waals surface area contributed by atoms with Crippen molar-refractivity contribution in [1.29, 1.82) is 0 Å². The van der Waals surface area contributed by atoms with Gasteiger partial charge in [-0.15, -0.1) is 0 Å². The summed E-state index contributed by atoms with van der Waals surface area (Å²) in [6.45, 7) is 5.44. The molecule has 0 aliphatic carbocycles. The van der Waals surface area contributed by atoms with Gasteiger partial charge in [0.1, 0.15) is 13.2 Å². The summed E-state index contributed by atoms with van der Waals surface area (Å²) in [7, 11) is 0. The molecule has 0 atom stereocenters. The standard InChI is InChI=1S/C9H17NO4/c1-4-14-6-8(11)10(7(2)3)5-9(12)13/h7H,4-6H2,1-3H3,(H,12,13). The molecule has 0 radical (unpaired) electrons. The highest BCUT2D eigenvalue weighted by Gasteiger charge is 2.19. The Morgan fingerprint density at radius 2 is 2.00 bits per heavy atom. The second kappa shape index (κ2) is 6.37. The molecule has 14 heavy (non-hydrogen) atoms. The van der Waals surface area contributed by atoms with Gasteiger partial charge in [-0.3, -0.25) is 9.59 Å². The van der Waals surface area contributed by atoms with Gasteiger partial charge in [0.05, 0.1) is 0 Å². The average molecular weight is 203 g/mol. The summed E-state index contributed by atoms with van der Waals surface area (Å²) in [4.78, 5) is 23.2. The van der Waals surface area contributed by atoms with Crippen molar-refractivity contribution in [2.45, 2.75) is 26.8 Å². The first-order valence-electron chi connectivity index (χ1n) is 4.58. The molecule has 1 N–H and O–H groups in total. The monoisotopic (exact) mass is 203 g/mol. The SMILES string of the molecule is CCOCC(=O)N(CC(=O)O)C(C)C. The zero-order valence-electron chi connectivity index (χ0n) is 8.82. The molecule has 0 aliphatic heterocycles. The lowest BCUT2D eigenvalue weighted by Crippen LogP contribution is -2.42. The number of nitrogens with zero attached hydrogens (tertiary/aromatic N) is 1. The number of carboxylic acid groups (broad SMARTS) is 1. The second-order valence-electron chi connectivity index (χ2n) is 3.15. The zero-order chi connectivity index (χ0) is 11.1. The van der Waals surface area contributed by atoms with Crippen molar-refractivity contribution in [3.63, 3.8) is 0 Å². The van der Waals surface area contributed by atoms with Crippen LogP contribution in [-0.4, -0.2) is 47.7 Å². The average Bonchev–Trinajstić information content (AvgIpc) is 2.09. The first-order valence-corrected chi connectivity index (χ1v) is 4.58. The largest absolute Gasteiger partial charge is 0.480 e. The minimum absolute atomic E-state index is 0.0536. The van der Waals surface area contributed by atoms with Crippen molar-refractivity contribution in [3.8, 4) is 0 Å². The lowest BCUT2D eigenvalue weighted by Gasteiger charge is -2.24. The van der Waals surface area contributed by atoms with Crippen LogP contribution < -0.4 is 0 Å². The molecule has 0 fully saturated rings. The summed E-state index contributed by atoms with van der Waals surface area (Å²) in [5, 5.41) is 8.57. The van der Waals surface area contributed by atoms with Crippen LogP contribution >= 0.6 is 0 Å². The summed E-state index contributed by atoms with van der Waals surface area (Å²) >= 11 is 0. The van der Waals surface area contributed by atoms with E-state index in [1.807, 2.05) is 0 Å². The molecule has 0 heterocycles. The maximum Gasteiger partial charge on any atom is 0.323 e. The lowest BCUT2D eigenvalue weighted by molar-refractivity contribution is -0.147. The third-order valence-electron chi connectivity index (χ3n) is 1.68. The first kappa shape index (κ1) is 12.9. The van der Waals surface area contributed by atoms with E-state index in [1.165, 1.54) is 4.90 Å². The maximum atomic E-state index is 11.4. The molecular formula is C9H17NO4. The van der Waals surface area contributed by atoms with Crippen LogP contribution in [0.4, 0.5) is 0 Å². The number of carboxylic acids is 1. The first-order chi connectivity index (χ1) is 6.49. The third-order valence-corrected chi connectivity index (χ3v) is 1.68. The predicted octanol–water partition coefficient (Wildman–Crippen LogP) is 0.345. The van der Waals surface area contributed by atoms with Gasteiger partial charge < -0.3 is 14.7 Å². The van der Waals surface area contributed by atoms with Gasteiger partial charge in [0.15, 0.2) is 0 Å². The Morgan fingerprint density at radius 3 is 2.36 bits per heavy atom. The van der Waals surface area contributed by atoms with Crippen molar-refractivity contribution < 1.29 is 19.4 Å². The number of carbonyl (C=O) groups is 2. The molecule has 0 unspecified atom stereocenters. The van der Waals surface area contributed by atoms with Crippen molar-refractivity contribution in [1.82, 2.24) is 4.90 Å². The minimum Gasteiger partial charge on any atom is -0.480 e. The van der Waals surface area contributed by atoms with Gasteiger partial charge in [0.25, 0.3) is 0 Å². The van der Waals surface area contributed by atoms with Crippen molar-refractivity contribution >= 4 is 11.9 Å². The Hall–Kier alpha value is -1.10. The highest BCUT2D eigenvalue weighted by atomic mass is 16.5. The highest BCUT2D eigenvalue weighted by molar-refractivity contribution is 5.82. The van der Waals surface area contributed by atoms with E-state index in [9.17, 15) is 9.59 Å². The van der Waals surface area contributed by atoms with Gasteiger partial charge in [0.2, 0.25) is 5.91 Å². The van der Waals surface area contributed by atoms with Crippen LogP contribution in [0.3, 0.4) is 0 Å². The highest BCUT2D eigenvalue weighted by Crippen LogP contribution is 1.99. The Balaban J connectivity index is 4.19.